The number of benzene rings is 1. The predicted octanol–water partition coefficient (Wildman–Crippen LogP) is 0.387. The summed E-state index contributed by atoms with van der Waals surface area (Å²) in [6.45, 7) is 0. The molecule has 0 unspecified atom stereocenters. The highest BCUT2D eigenvalue weighted by molar-refractivity contribution is 7.92. The minimum absolute atomic E-state index is 0.0961. The number of nitrogens with one attached hydrogen (secondary N) is 1. The molecule has 0 saturated carbocycles. The Morgan fingerprint density at radius 3 is 2.41 bits per heavy atom. The monoisotopic (exact) mass is 369 g/mol. The van der Waals surface area contributed by atoms with Gasteiger partial charge in [0, 0.05) is 6.07 Å². The summed E-state index contributed by atoms with van der Waals surface area (Å²) in [6, 6.07) is 3.36. The Balaban J connectivity index is 2.31. The van der Waals surface area contributed by atoms with Crippen LogP contribution in [0.15, 0.2) is 23.1 Å². The predicted molar refractivity (Wildman–Crippen MR) is 82.0 cm³/mol. The first-order valence-corrected chi connectivity index (χ1v) is 10.0. The van der Waals surface area contributed by atoms with Crippen molar-refractivity contribution >= 4 is 31.5 Å². The second-order valence-corrected chi connectivity index (χ2v) is 9.23. The Hall–Kier alpha value is -1.03. The Labute approximate surface area is 134 Å². The summed E-state index contributed by atoms with van der Waals surface area (Å²) in [7, 11) is -4.53. The molecule has 1 aliphatic rings. The van der Waals surface area contributed by atoms with E-state index in [-0.39, 0.29) is 22.2 Å². The van der Waals surface area contributed by atoms with E-state index >= 15 is 0 Å². The normalized spacial score (nSPS) is 24.1. The van der Waals surface area contributed by atoms with Gasteiger partial charge in [0.05, 0.1) is 37.1 Å². The molecule has 124 valence electrons. The number of rotatable bonds is 5. The Morgan fingerprint density at radius 2 is 1.91 bits per heavy atom. The molecule has 0 amide bonds. The highest BCUT2D eigenvalue weighted by Gasteiger charge is 2.39. The molecule has 10 heteroatoms. The quantitative estimate of drug-likeness (QED) is 0.754. The summed E-state index contributed by atoms with van der Waals surface area (Å²) in [5.41, 5.74) is 0. The molecule has 0 radical (unpaired) electrons. The molecule has 0 aliphatic carbocycles. The zero-order valence-electron chi connectivity index (χ0n) is 11.9. The van der Waals surface area contributed by atoms with Gasteiger partial charge in [0.25, 0.3) is 0 Å². The molecule has 2 rings (SSSR count). The molecule has 1 heterocycles. The summed E-state index contributed by atoms with van der Waals surface area (Å²) >= 11 is 5.92. The lowest BCUT2D eigenvalue weighted by atomic mass is 10.3. The number of alkyl halides is 1. The first-order valence-electron chi connectivity index (χ1n) is 6.27. The van der Waals surface area contributed by atoms with Gasteiger partial charge < -0.3 is 9.47 Å². The van der Waals surface area contributed by atoms with Gasteiger partial charge in [0.2, 0.25) is 10.0 Å². The summed E-state index contributed by atoms with van der Waals surface area (Å²) in [5, 5.41) is -0.802. The van der Waals surface area contributed by atoms with Crippen molar-refractivity contribution in [3.8, 4) is 11.5 Å². The summed E-state index contributed by atoms with van der Waals surface area (Å²) in [4.78, 5) is -0.107. The zero-order chi connectivity index (χ0) is 16.5. The van der Waals surface area contributed by atoms with Crippen LogP contribution in [-0.2, 0) is 19.9 Å². The van der Waals surface area contributed by atoms with Crippen LogP contribution in [0.1, 0.15) is 0 Å². The molecule has 2 atom stereocenters. The first-order chi connectivity index (χ1) is 10.2. The molecule has 7 nitrogen and oxygen atoms in total. The number of methoxy groups -OCH3 is 2. The van der Waals surface area contributed by atoms with Crippen LogP contribution >= 0.6 is 11.6 Å². The molecular formula is C12H16ClNO6S2. The van der Waals surface area contributed by atoms with Crippen molar-refractivity contribution in [1.29, 1.82) is 0 Å². The summed E-state index contributed by atoms with van der Waals surface area (Å²) in [5.74, 6) is -0.0336. The number of ether oxygens (including phenoxy) is 2. The van der Waals surface area contributed by atoms with E-state index in [4.69, 9.17) is 21.1 Å². The van der Waals surface area contributed by atoms with Crippen LogP contribution in [0.5, 0.6) is 11.5 Å². The van der Waals surface area contributed by atoms with Crippen molar-refractivity contribution in [3.63, 3.8) is 0 Å². The van der Waals surface area contributed by atoms with Crippen molar-refractivity contribution in [2.24, 2.45) is 0 Å². The van der Waals surface area contributed by atoms with E-state index in [1.54, 1.807) is 0 Å². The van der Waals surface area contributed by atoms with Crippen LogP contribution in [0.2, 0.25) is 0 Å². The molecule has 0 aromatic heterocycles. The maximum absolute atomic E-state index is 12.4. The van der Waals surface area contributed by atoms with Gasteiger partial charge in [-0.1, -0.05) is 0 Å². The third-order valence-corrected chi connectivity index (χ3v) is 7.15. The van der Waals surface area contributed by atoms with Crippen molar-refractivity contribution in [2.45, 2.75) is 16.3 Å². The molecule has 22 heavy (non-hydrogen) atoms. The number of hydrogen-bond acceptors (Lipinski definition) is 6. The lowest BCUT2D eigenvalue weighted by Gasteiger charge is -2.16. The number of halogens is 1. The minimum atomic E-state index is -3.97. The maximum Gasteiger partial charge on any atom is 0.244 e. The van der Waals surface area contributed by atoms with Crippen LogP contribution in [0.25, 0.3) is 0 Å². The third kappa shape index (κ3) is 3.65. The van der Waals surface area contributed by atoms with E-state index < -0.39 is 31.3 Å². The molecular weight excluding hydrogens is 354 g/mol. The Bertz CT molecular complexity index is 762. The van der Waals surface area contributed by atoms with Crippen LogP contribution in [0, 0.1) is 0 Å². The molecule has 1 fully saturated rings. The smallest absolute Gasteiger partial charge is 0.244 e. The fraction of sp³-hybridized carbons (Fsp3) is 0.500. The van der Waals surface area contributed by atoms with Crippen molar-refractivity contribution in [2.75, 3.05) is 25.7 Å². The van der Waals surface area contributed by atoms with Crippen molar-refractivity contribution in [1.82, 2.24) is 4.72 Å². The molecule has 1 aliphatic heterocycles. The topological polar surface area (TPSA) is 98.8 Å². The van der Waals surface area contributed by atoms with E-state index in [1.807, 2.05) is 0 Å². The summed E-state index contributed by atoms with van der Waals surface area (Å²) < 4.78 is 60.3. The third-order valence-electron chi connectivity index (χ3n) is 3.25. The molecule has 1 aromatic rings. The highest BCUT2D eigenvalue weighted by Crippen LogP contribution is 2.29. The number of hydrogen-bond donors (Lipinski definition) is 1. The minimum Gasteiger partial charge on any atom is -0.497 e. The standard InChI is InChI=1S/C12H16ClNO6S2/c1-19-8-3-4-12(11(5-8)20-2)22(17,18)14-10-7-21(15,16)6-9(10)13/h3-5,9-10,14H,6-7H2,1-2H3/t9-,10+/m0/s1. The second kappa shape index (κ2) is 6.23. The fourth-order valence-electron chi connectivity index (χ4n) is 2.17. The molecule has 0 spiro atoms. The van der Waals surface area contributed by atoms with Gasteiger partial charge >= 0.3 is 0 Å². The Kier molecular flexibility index (Phi) is 4.90. The van der Waals surface area contributed by atoms with Gasteiger partial charge in [-0.2, -0.15) is 0 Å². The Morgan fingerprint density at radius 1 is 1.23 bits per heavy atom. The van der Waals surface area contributed by atoms with Crippen LogP contribution < -0.4 is 14.2 Å². The number of sulfone groups is 1. The summed E-state index contributed by atoms with van der Waals surface area (Å²) in [6.07, 6.45) is 0. The van der Waals surface area contributed by atoms with Gasteiger partial charge in [-0.15, -0.1) is 11.6 Å². The lowest BCUT2D eigenvalue weighted by molar-refractivity contribution is 0.385. The van der Waals surface area contributed by atoms with Crippen LogP contribution in [0.4, 0.5) is 0 Å². The zero-order valence-corrected chi connectivity index (χ0v) is 14.3. The lowest BCUT2D eigenvalue weighted by Crippen LogP contribution is -2.40. The first kappa shape index (κ1) is 17.3. The van der Waals surface area contributed by atoms with Gasteiger partial charge in [-0.05, 0) is 12.1 Å². The van der Waals surface area contributed by atoms with Crippen LogP contribution in [-0.4, -0.2) is 54.0 Å². The molecule has 1 saturated heterocycles. The van der Waals surface area contributed by atoms with E-state index in [9.17, 15) is 16.8 Å². The van der Waals surface area contributed by atoms with Crippen LogP contribution in [0.3, 0.4) is 0 Å². The second-order valence-electron chi connectivity index (χ2n) is 4.84. The molecule has 0 bridgehead atoms. The van der Waals surface area contributed by atoms with E-state index in [0.717, 1.165) is 0 Å². The highest BCUT2D eigenvalue weighted by atomic mass is 35.5. The molecule has 1 N–H and O–H groups in total. The van der Waals surface area contributed by atoms with Gasteiger partial charge in [-0.3, -0.25) is 0 Å². The average molecular weight is 370 g/mol. The van der Waals surface area contributed by atoms with Crippen molar-refractivity contribution in [3.05, 3.63) is 18.2 Å². The van der Waals surface area contributed by atoms with Gasteiger partial charge in [0.1, 0.15) is 16.4 Å². The fourth-order valence-corrected chi connectivity index (χ4v) is 6.33. The number of sulfonamides is 1. The molecule has 1 aromatic carbocycles. The van der Waals surface area contributed by atoms with E-state index in [0.29, 0.717) is 5.75 Å². The van der Waals surface area contributed by atoms with Crippen molar-refractivity contribution < 1.29 is 26.3 Å². The van der Waals surface area contributed by atoms with E-state index in [1.165, 1.54) is 32.4 Å². The maximum atomic E-state index is 12.4. The largest absolute Gasteiger partial charge is 0.497 e. The van der Waals surface area contributed by atoms with Gasteiger partial charge in [-0.25, -0.2) is 21.6 Å². The SMILES string of the molecule is COc1ccc(S(=O)(=O)N[C@@H]2CS(=O)(=O)C[C@@H]2Cl)c(OC)c1. The van der Waals surface area contributed by atoms with Gasteiger partial charge in [0.15, 0.2) is 9.84 Å². The average Bonchev–Trinajstić information content (AvgIpc) is 2.69. The van der Waals surface area contributed by atoms with E-state index in [2.05, 4.69) is 4.72 Å².